The number of carbonyl (C=O) groups excluding carboxylic acids is 2. The Morgan fingerprint density at radius 1 is 1.06 bits per heavy atom. The third-order valence-electron chi connectivity index (χ3n) is 2.69. The maximum atomic E-state index is 11.9. The van der Waals surface area contributed by atoms with Gasteiger partial charge in [0, 0.05) is 5.57 Å². The summed E-state index contributed by atoms with van der Waals surface area (Å²) in [5.41, 5.74) is 1.37. The number of hydrogen-bond acceptors (Lipinski definition) is 3. The molecule has 1 aliphatic carbocycles. The number of methoxy groups -OCH3 is 1. The van der Waals surface area contributed by atoms with Gasteiger partial charge in [0.1, 0.15) is 0 Å². The Morgan fingerprint density at radius 2 is 1.71 bits per heavy atom. The second-order valence-corrected chi connectivity index (χ2v) is 3.79. The van der Waals surface area contributed by atoms with Gasteiger partial charge in [-0.15, -0.1) is 0 Å². The van der Waals surface area contributed by atoms with Crippen molar-refractivity contribution in [1.29, 1.82) is 0 Å². The number of ether oxygens (including phenoxy) is 1. The SMILES string of the molecule is COC1=C(C)C(=O)/C(=C\c2ccccc2)C1=O. The molecule has 0 saturated heterocycles. The fourth-order valence-electron chi connectivity index (χ4n) is 1.79. The first-order valence-corrected chi connectivity index (χ1v) is 5.26. The molecule has 1 aliphatic rings. The lowest BCUT2D eigenvalue weighted by molar-refractivity contribution is -0.116. The largest absolute Gasteiger partial charge is 0.492 e. The minimum absolute atomic E-state index is 0.150. The van der Waals surface area contributed by atoms with E-state index in [4.69, 9.17) is 4.74 Å². The molecule has 0 aromatic heterocycles. The van der Waals surface area contributed by atoms with Crippen molar-refractivity contribution in [3.63, 3.8) is 0 Å². The highest BCUT2D eigenvalue weighted by atomic mass is 16.5. The lowest BCUT2D eigenvalue weighted by atomic mass is 10.1. The Morgan fingerprint density at radius 3 is 2.24 bits per heavy atom. The van der Waals surface area contributed by atoms with Crippen molar-refractivity contribution in [2.24, 2.45) is 0 Å². The average molecular weight is 228 g/mol. The first-order valence-electron chi connectivity index (χ1n) is 5.26. The topological polar surface area (TPSA) is 43.4 Å². The van der Waals surface area contributed by atoms with E-state index < -0.39 is 0 Å². The van der Waals surface area contributed by atoms with Crippen LogP contribution in [0.1, 0.15) is 12.5 Å². The molecule has 3 heteroatoms. The molecule has 0 unspecified atom stereocenters. The molecule has 17 heavy (non-hydrogen) atoms. The van der Waals surface area contributed by atoms with E-state index in [2.05, 4.69) is 0 Å². The highest BCUT2D eigenvalue weighted by Crippen LogP contribution is 2.26. The molecule has 0 aliphatic heterocycles. The molecule has 0 heterocycles. The molecular weight excluding hydrogens is 216 g/mol. The van der Waals surface area contributed by atoms with E-state index in [0.717, 1.165) is 5.56 Å². The molecule has 1 aromatic rings. The Bertz CT molecular complexity index is 536. The van der Waals surface area contributed by atoms with Crippen LogP contribution < -0.4 is 0 Å². The van der Waals surface area contributed by atoms with Crippen LogP contribution in [-0.4, -0.2) is 18.7 Å². The Hall–Kier alpha value is -2.16. The van der Waals surface area contributed by atoms with Crippen molar-refractivity contribution in [2.45, 2.75) is 6.92 Å². The molecule has 0 radical (unpaired) electrons. The fourth-order valence-corrected chi connectivity index (χ4v) is 1.79. The Balaban J connectivity index is 2.42. The van der Waals surface area contributed by atoms with E-state index in [1.807, 2.05) is 30.3 Å². The normalized spacial score (nSPS) is 18.1. The summed E-state index contributed by atoms with van der Waals surface area (Å²) < 4.78 is 4.94. The molecule has 3 nitrogen and oxygen atoms in total. The predicted octanol–water partition coefficient (Wildman–Crippen LogP) is 2.14. The van der Waals surface area contributed by atoms with Crippen LogP contribution in [0.15, 0.2) is 47.2 Å². The van der Waals surface area contributed by atoms with Crippen LogP contribution in [0, 0.1) is 0 Å². The summed E-state index contributed by atoms with van der Waals surface area (Å²) in [5, 5.41) is 0. The van der Waals surface area contributed by atoms with Crippen LogP contribution in [0.4, 0.5) is 0 Å². The lowest BCUT2D eigenvalue weighted by Gasteiger charge is -1.98. The highest BCUT2D eigenvalue weighted by molar-refractivity contribution is 6.39. The van der Waals surface area contributed by atoms with Gasteiger partial charge in [0.05, 0.1) is 12.7 Å². The average Bonchev–Trinajstić information content (AvgIpc) is 2.55. The van der Waals surface area contributed by atoms with Crippen LogP contribution in [0.2, 0.25) is 0 Å². The fraction of sp³-hybridized carbons (Fsp3) is 0.143. The van der Waals surface area contributed by atoms with Crippen LogP contribution in [0.25, 0.3) is 6.08 Å². The van der Waals surface area contributed by atoms with E-state index in [1.54, 1.807) is 13.0 Å². The number of benzene rings is 1. The summed E-state index contributed by atoms with van der Waals surface area (Å²) in [6, 6.07) is 9.27. The third-order valence-corrected chi connectivity index (χ3v) is 2.69. The van der Waals surface area contributed by atoms with Gasteiger partial charge in [0.25, 0.3) is 0 Å². The van der Waals surface area contributed by atoms with Crippen molar-refractivity contribution in [1.82, 2.24) is 0 Å². The van der Waals surface area contributed by atoms with Crippen LogP contribution in [0.3, 0.4) is 0 Å². The van der Waals surface area contributed by atoms with E-state index in [1.165, 1.54) is 7.11 Å². The molecule has 0 amide bonds. The molecular formula is C14H12O3. The van der Waals surface area contributed by atoms with E-state index >= 15 is 0 Å². The molecule has 0 spiro atoms. The van der Waals surface area contributed by atoms with Gasteiger partial charge in [-0.05, 0) is 18.6 Å². The Labute approximate surface area is 99.4 Å². The summed E-state index contributed by atoms with van der Waals surface area (Å²) >= 11 is 0. The third kappa shape index (κ3) is 1.91. The zero-order valence-electron chi connectivity index (χ0n) is 9.69. The minimum atomic E-state index is -0.334. The van der Waals surface area contributed by atoms with Crippen molar-refractivity contribution in [3.8, 4) is 0 Å². The van der Waals surface area contributed by atoms with Gasteiger partial charge in [-0.2, -0.15) is 0 Å². The maximum absolute atomic E-state index is 11.9. The van der Waals surface area contributed by atoms with Crippen molar-refractivity contribution in [2.75, 3.05) is 7.11 Å². The number of Topliss-reactive ketones (excluding diaryl/α,β-unsaturated/α-hetero) is 2. The molecule has 86 valence electrons. The smallest absolute Gasteiger partial charge is 0.231 e. The molecule has 0 saturated carbocycles. The quantitative estimate of drug-likeness (QED) is 0.575. The van der Waals surface area contributed by atoms with E-state index in [-0.39, 0.29) is 22.9 Å². The van der Waals surface area contributed by atoms with E-state index in [0.29, 0.717) is 5.57 Å². The maximum Gasteiger partial charge on any atom is 0.231 e. The molecule has 0 fully saturated rings. The summed E-state index contributed by atoms with van der Waals surface area (Å²) in [4.78, 5) is 23.8. The van der Waals surface area contributed by atoms with Gasteiger partial charge in [-0.3, -0.25) is 9.59 Å². The number of rotatable bonds is 2. The van der Waals surface area contributed by atoms with Crippen molar-refractivity contribution >= 4 is 17.6 Å². The highest BCUT2D eigenvalue weighted by Gasteiger charge is 2.34. The van der Waals surface area contributed by atoms with Gasteiger partial charge in [-0.25, -0.2) is 0 Å². The summed E-state index contributed by atoms with van der Waals surface area (Å²) in [7, 11) is 1.40. The van der Waals surface area contributed by atoms with Gasteiger partial charge in [0.2, 0.25) is 5.78 Å². The van der Waals surface area contributed by atoms with E-state index in [9.17, 15) is 9.59 Å². The monoisotopic (exact) mass is 228 g/mol. The second-order valence-electron chi connectivity index (χ2n) is 3.79. The summed E-state index contributed by atoms with van der Waals surface area (Å²) in [6.07, 6.45) is 1.60. The Kier molecular flexibility index (Phi) is 2.91. The van der Waals surface area contributed by atoms with Gasteiger partial charge in [-0.1, -0.05) is 30.3 Å². The van der Waals surface area contributed by atoms with Crippen molar-refractivity contribution < 1.29 is 14.3 Å². The standard InChI is InChI=1S/C14H12O3/c1-9-12(15)11(13(16)14(9)17-2)8-10-6-4-3-5-7-10/h3-8H,1-2H3/b11-8+. The number of ketones is 2. The number of allylic oxidation sites excluding steroid dienone is 2. The van der Waals surface area contributed by atoms with Gasteiger partial charge in [0.15, 0.2) is 11.5 Å². The zero-order valence-corrected chi connectivity index (χ0v) is 9.69. The second kappa shape index (κ2) is 4.37. The van der Waals surface area contributed by atoms with Crippen LogP contribution in [-0.2, 0) is 14.3 Å². The van der Waals surface area contributed by atoms with Crippen LogP contribution >= 0.6 is 0 Å². The van der Waals surface area contributed by atoms with Crippen LogP contribution in [0.5, 0.6) is 0 Å². The number of hydrogen-bond donors (Lipinski definition) is 0. The van der Waals surface area contributed by atoms with Gasteiger partial charge < -0.3 is 4.74 Å². The first-order chi connectivity index (χ1) is 8.15. The molecule has 0 atom stereocenters. The number of carbonyl (C=O) groups is 2. The molecule has 0 N–H and O–H groups in total. The predicted molar refractivity (Wildman–Crippen MR) is 64.1 cm³/mol. The van der Waals surface area contributed by atoms with Crippen molar-refractivity contribution in [3.05, 3.63) is 52.8 Å². The minimum Gasteiger partial charge on any atom is -0.492 e. The zero-order chi connectivity index (χ0) is 12.4. The summed E-state index contributed by atoms with van der Waals surface area (Å²) in [5.74, 6) is -0.438. The summed E-state index contributed by atoms with van der Waals surface area (Å²) in [6.45, 7) is 1.60. The molecule has 1 aromatic carbocycles. The first kappa shape index (κ1) is 11.3. The molecule has 0 bridgehead atoms. The molecule has 2 rings (SSSR count). The lowest BCUT2D eigenvalue weighted by Crippen LogP contribution is -2.04. The van der Waals surface area contributed by atoms with Gasteiger partial charge >= 0.3 is 0 Å².